The Morgan fingerprint density at radius 2 is 1.87 bits per heavy atom. The second-order valence-electron chi connectivity index (χ2n) is 5.22. The smallest absolute Gasteiger partial charge is 0.185 e. The van der Waals surface area contributed by atoms with Crippen LogP contribution in [0.4, 0.5) is 13.2 Å². The highest BCUT2D eigenvalue weighted by molar-refractivity contribution is 6.32. The first-order chi connectivity index (χ1) is 10.9. The Bertz CT molecular complexity index is 685. The zero-order valence-electron chi connectivity index (χ0n) is 13.2. The lowest BCUT2D eigenvalue weighted by molar-refractivity contribution is 0.0524. The summed E-state index contributed by atoms with van der Waals surface area (Å²) in [5.41, 5.74) is -3.11. The van der Waals surface area contributed by atoms with Crippen LogP contribution in [0.3, 0.4) is 0 Å². The van der Waals surface area contributed by atoms with Gasteiger partial charge in [-0.15, -0.1) is 0 Å². The molecular weight excluding hydrogens is 302 g/mol. The highest BCUT2D eigenvalue weighted by Gasteiger charge is 2.64. The molecular formula is C17H17BF3NO. The van der Waals surface area contributed by atoms with Gasteiger partial charge in [-0.25, -0.2) is 13.2 Å². The molecule has 23 heavy (non-hydrogen) atoms. The molecule has 1 saturated heterocycles. The maximum Gasteiger partial charge on any atom is 0.185 e. The van der Waals surface area contributed by atoms with Crippen molar-refractivity contribution >= 4 is 13.3 Å². The highest BCUT2D eigenvalue weighted by Crippen LogP contribution is 2.55. The molecule has 2 radical (unpaired) electrons. The lowest BCUT2D eigenvalue weighted by Crippen LogP contribution is -2.36. The van der Waals surface area contributed by atoms with Gasteiger partial charge in [0.1, 0.15) is 19.5 Å². The van der Waals surface area contributed by atoms with Gasteiger partial charge >= 0.3 is 0 Å². The van der Waals surface area contributed by atoms with Crippen LogP contribution in [0.1, 0.15) is 32.0 Å². The molecule has 1 aliphatic rings. The molecule has 0 amide bonds. The van der Waals surface area contributed by atoms with Gasteiger partial charge in [0.25, 0.3) is 0 Å². The quantitative estimate of drug-likeness (QED) is 0.641. The third kappa shape index (κ3) is 3.00. The molecule has 2 atom stereocenters. The van der Waals surface area contributed by atoms with Crippen molar-refractivity contribution < 1.29 is 17.9 Å². The van der Waals surface area contributed by atoms with Gasteiger partial charge in [0, 0.05) is 17.8 Å². The fourth-order valence-corrected chi connectivity index (χ4v) is 2.46. The van der Waals surface area contributed by atoms with Crippen LogP contribution in [0.2, 0.25) is 0 Å². The van der Waals surface area contributed by atoms with Crippen molar-refractivity contribution in [2.45, 2.75) is 32.0 Å². The van der Waals surface area contributed by atoms with Crippen LogP contribution in [0.25, 0.3) is 0 Å². The first kappa shape index (κ1) is 17.5. The molecule has 2 heterocycles. The first-order valence-corrected chi connectivity index (χ1v) is 7.37. The number of hydrogen-bond donors (Lipinski definition) is 0. The zero-order valence-corrected chi connectivity index (χ0v) is 13.2. The molecule has 120 valence electrons. The Morgan fingerprint density at radius 1 is 1.22 bits per heavy atom. The average molecular weight is 319 g/mol. The predicted octanol–water partition coefficient (Wildman–Crippen LogP) is 3.29. The number of nitrogens with zero attached hydrogens (tertiary/aromatic N) is 1. The zero-order chi connectivity index (χ0) is 17.3. The highest BCUT2D eigenvalue weighted by atomic mass is 19.1. The molecule has 0 saturated carbocycles. The Kier molecular flexibility index (Phi) is 4.85. The number of aromatic nitrogens is 1. The van der Waals surface area contributed by atoms with Crippen LogP contribution in [0.5, 0.6) is 0 Å². The maximum absolute atomic E-state index is 15.3. The monoisotopic (exact) mass is 319 g/mol. The number of halogens is 3. The lowest BCUT2D eigenvalue weighted by Gasteiger charge is -2.28. The second kappa shape index (κ2) is 6.36. The van der Waals surface area contributed by atoms with E-state index in [-0.39, 0.29) is 17.9 Å². The number of hydrogen-bond acceptors (Lipinski definition) is 2. The van der Waals surface area contributed by atoms with E-state index in [9.17, 15) is 8.78 Å². The van der Waals surface area contributed by atoms with Gasteiger partial charge < -0.3 is 4.74 Å². The van der Waals surface area contributed by atoms with Crippen molar-refractivity contribution in [2.75, 3.05) is 6.61 Å². The van der Waals surface area contributed by atoms with E-state index in [1.54, 1.807) is 0 Å². The van der Waals surface area contributed by atoms with E-state index >= 15 is 4.39 Å². The number of benzene rings is 1. The van der Waals surface area contributed by atoms with E-state index in [0.717, 1.165) is 6.07 Å². The summed E-state index contributed by atoms with van der Waals surface area (Å²) in [6.45, 7) is 5.26. The lowest BCUT2D eigenvalue weighted by atomic mass is 9.81. The number of rotatable bonds is 3. The van der Waals surface area contributed by atoms with E-state index in [0.29, 0.717) is 11.5 Å². The summed E-state index contributed by atoms with van der Waals surface area (Å²) in [5.74, 6) is -1.56. The molecule has 0 spiro atoms. The molecule has 0 N–H and O–H groups in total. The van der Waals surface area contributed by atoms with Crippen molar-refractivity contribution in [3.8, 4) is 0 Å². The summed E-state index contributed by atoms with van der Waals surface area (Å²) < 4.78 is 47.5. The van der Waals surface area contributed by atoms with E-state index in [2.05, 4.69) is 4.98 Å². The number of pyridine rings is 1. The Labute approximate surface area is 135 Å². The normalized spacial score (nSPS) is 21.8. The van der Waals surface area contributed by atoms with Crippen LogP contribution in [-0.4, -0.2) is 19.4 Å². The van der Waals surface area contributed by atoms with Gasteiger partial charge in [0.05, 0.1) is 12.3 Å². The summed E-state index contributed by atoms with van der Waals surface area (Å²) in [4.78, 5) is 3.95. The van der Waals surface area contributed by atoms with Gasteiger partial charge in [-0.2, -0.15) is 0 Å². The van der Waals surface area contributed by atoms with Gasteiger partial charge in [-0.05, 0) is 19.1 Å². The number of alkyl halides is 1. The Balaban J connectivity index is 0.000000924. The predicted molar refractivity (Wildman–Crippen MR) is 83.4 cm³/mol. The van der Waals surface area contributed by atoms with Gasteiger partial charge in [0.2, 0.25) is 0 Å². The third-order valence-electron chi connectivity index (χ3n) is 3.82. The molecule has 3 rings (SSSR count). The van der Waals surface area contributed by atoms with E-state index in [4.69, 9.17) is 12.6 Å². The summed E-state index contributed by atoms with van der Waals surface area (Å²) >= 11 is 0. The van der Waals surface area contributed by atoms with Gasteiger partial charge in [-0.3, -0.25) is 4.98 Å². The molecule has 2 nitrogen and oxygen atoms in total. The molecule has 1 aromatic carbocycles. The summed E-state index contributed by atoms with van der Waals surface area (Å²) in [6.07, 6.45) is 1.32. The fourth-order valence-electron chi connectivity index (χ4n) is 2.46. The van der Waals surface area contributed by atoms with Crippen molar-refractivity contribution in [3.05, 3.63) is 59.4 Å². The van der Waals surface area contributed by atoms with Crippen molar-refractivity contribution in [3.63, 3.8) is 0 Å². The summed E-state index contributed by atoms with van der Waals surface area (Å²) in [7, 11) is 5.53. The van der Waals surface area contributed by atoms with Gasteiger partial charge in [-0.1, -0.05) is 31.4 Å². The van der Waals surface area contributed by atoms with Crippen molar-refractivity contribution in [2.24, 2.45) is 0 Å². The molecule has 2 unspecified atom stereocenters. The molecule has 0 aliphatic carbocycles. The first-order valence-electron chi connectivity index (χ1n) is 7.37. The van der Waals surface area contributed by atoms with Crippen LogP contribution >= 0.6 is 0 Å². The standard InChI is InChI=1S/C15H11BF3NO.C2H6/c1-14(19,13-5-2-9(16)7-20-13)15(8-21-15)11-4-3-10(17)6-12(11)18;1-2/h2-7H,8H2,1H3;1-2H3. The summed E-state index contributed by atoms with van der Waals surface area (Å²) in [5, 5.41) is 0. The minimum absolute atomic E-state index is 0.00535. The number of epoxide rings is 1. The summed E-state index contributed by atoms with van der Waals surface area (Å²) in [6, 6.07) is 5.93. The molecule has 6 heteroatoms. The average Bonchev–Trinajstić information content (AvgIpc) is 3.32. The van der Waals surface area contributed by atoms with E-state index < -0.39 is 22.9 Å². The van der Waals surface area contributed by atoms with Crippen LogP contribution < -0.4 is 5.46 Å². The van der Waals surface area contributed by atoms with Crippen LogP contribution in [0.15, 0.2) is 36.5 Å². The SMILES string of the molecule is CC.[B]c1ccc(C(C)(F)C2(c3ccc(F)cc3F)CO2)nc1. The second-order valence-corrected chi connectivity index (χ2v) is 5.22. The molecule has 2 aromatic rings. The minimum atomic E-state index is -2.07. The molecule has 0 bridgehead atoms. The minimum Gasteiger partial charge on any atom is -0.360 e. The van der Waals surface area contributed by atoms with Gasteiger partial charge in [0.15, 0.2) is 11.3 Å². The Morgan fingerprint density at radius 3 is 2.35 bits per heavy atom. The fraction of sp³-hybridized carbons (Fsp3) is 0.353. The topological polar surface area (TPSA) is 25.4 Å². The van der Waals surface area contributed by atoms with Crippen molar-refractivity contribution in [1.82, 2.24) is 4.98 Å². The van der Waals surface area contributed by atoms with Crippen LogP contribution in [0, 0.1) is 11.6 Å². The Hall–Kier alpha value is -1.82. The number of ether oxygens (including phenoxy) is 1. The van der Waals surface area contributed by atoms with Crippen LogP contribution in [-0.2, 0) is 16.0 Å². The van der Waals surface area contributed by atoms with E-state index in [1.165, 1.54) is 31.3 Å². The van der Waals surface area contributed by atoms with E-state index in [1.807, 2.05) is 13.8 Å². The molecule has 1 aromatic heterocycles. The molecule has 1 aliphatic heterocycles. The third-order valence-corrected chi connectivity index (χ3v) is 3.82. The maximum atomic E-state index is 15.3. The molecule has 1 fully saturated rings. The largest absolute Gasteiger partial charge is 0.360 e. The van der Waals surface area contributed by atoms with Crippen molar-refractivity contribution in [1.29, 1.82) is 0 Å².